The highest BCUT2D eigenvalue weighted by Gasteiger charge is 2.21. The molecule has 0 aliphatic rings. The fourth-order valence-corrected chi connectivity index (χ4v) is 2.97. The van der Waals surface area contributed by atoms with E-state index in [2.05, 4.69) is 9.97 Å². The van der Waals surface area contributed by atoms with Crippen LogP contribution in [-0.4, -0.2) is 19.5 Å². The molecule has 0 spiro atoms. The summed E-state index contributed by atoms with van der Waals surface area (Å²) in [5, 5.41) is 13.1. The van der Waals surface area contributed by atoms with Gasteiger partial charge in [-0.3, -0.25) is 0 Å². The Bertz CT molecular complexity index is 534. The Labute approximate surface area is 99.5 Å². The standard InChI is InChI=1S/C8H8N4O2S2/c1-5-3-15-8(10-5)16-7-6(12(13)14)9-4-11(7)2/h3-4H,1-2H3. The van der Waals surface area contributed by atoms with E-state index in [9.17, 15) is 10.1 Å². The van der Waals surface area contributed by atoms with Crippen LogP contribution in [0, 0.1) is 17.0 Å². The summed E-state index contributed by atoms with van der Waals surface area (Å²) in [6, 6.07) is 0. The molecule has 2 heterocycles. The lowest BCUT2D eigenvalue weighted by Crippen LogP contribution is -1.93. The van der Waals surface area contributed by atoms with Crippen LogP contribution in [0.15, 0.2) is 21.1 Å². The van der Waals surface area contributed by atoms with Gasteiger partial charge in [0, 0.05) is 18.1 Å². The molecule has 0 saturated heterocycles. The predicted octanol–water partition coefficient (Wildman–Crippen LogP) is 2.24. The highest BCUT2D eigenvalue weighted by molar-refractivity contribution is 8.01. The van der Waals surface area contributed by atoms with Gasteiger partial charge in [0.05, 0.1) is 0 Å². The van der Waals surface area contributed by atoms with Crippen molar-refractivity contribution in [2.45, 2.75) is 16.3 Å². The molecule has 0 radical (unpaired) electrons. The van der Waals surface area contributed by atoms with Crippen LogP contribution in [0.4, 0.5) is 5.82 Å². The number of thiazole rings is 1. The van der Waals surface area contributed by atoms with Crippen molar-refractivity contribution < 1.29 is 4.92 Å². The van der Waals surface area contributed by atoms with Gasteiger partial charge in [-0.2, -0.15) is 0 Å². The van der Waals surface area contributed by atoms with Gasteiger partial charge < -0.3 is 14.7 Å². The van der Waals surface area contributed by atoms with Crippen molar-refractivity contribution >= 4 is 28.9 Å². The molecule has 8 heteroatoms. The zero-order valence-electron chi connectivity index (χ0n) is 8.58. The summed E-state index contributed by atoms with van der Waals surface area (Å²) in [5.74, 6) is -0.125. The summed E-state index contributed by atoms with van der Waals surface area (Å²) in [6.07, 6.45) is 1.43. The van der Waals surface area contributed by atoms with E-state index in [-0.39, 0.29) is 5.82 Å². The molecule has 0 N–H and O–H groups in total. The molecular weight excluding hydrogens is 248 g/mol. The first kappa shape index (κ1) is 11.1. The lowest BCUT2D eigenvalue weighted by Gasteiger charge is -1.97. The van der Waals surface area contributed by atoms with Gasteiger partial charge >= 0.3 is 5.82 Å². The summed E-state index contributed by atoms with van der Waals surface area (Å²) in [7, 11) is 1.72. The normalized spacial score (nSPS) is 10.6. The second kappa shape index (κ2) is 4.22. The molecule has 16 heavy (non-hydrogen) atoms. The topological polar surface area (TPSA) is 73.8 Å². The SMILES string of the molecule is Cc1csc(Sc2c([N+](=O)[O-])ncn2C)n1. The maximum absolute atomic E-state index is 10.7. The fraction of sp³-hybridized carbons (Fsp3) is 0.250. The van der Waals surface area contributed by atoms with Crippen LogP contribution in [0.1, 0.15) is 5.69 Å². The minimum Gasteiger partial charge on any atom is -0.358 e. The lowest BCUT2D eigenvalue weighted by molar-refractivity contribution is -0.392. The molecule has 0 aliphatic carbocycles. The Balaban J connectivity index is 2.33. The van der Waals surface area contributed by atoms with Crippen LogP contribution in [0.3, 0.4) is 0 Å². The minimum absolute atomic E-state index is 0.125. The number of hydrogen-bond acceptors (Lipinski definition) is 6. The smallest absolute Gasteiger partial charge is 0.358 e. The third kappa shape index (κ3) is 2.07. The van der Waals surface area contributed by atoms with Crippen molar-refractivity contribution in [2.75, 3.05) is 0 Å². The first-order valence-corrected chi connectivity index (χ1v) is 6.03. The summed E-state index contributed by atoms with van der Waals surface area (Å²) < 4.78 is 2.41. The highest BCUT2D eigenvalue weighted by atomic mass is 32.2. The molecule has 0 bridgehead atoms. The minimum atomic E-state index is -0.483. The molecule has 0 saturated carbocycles. The van der Waals surface area contributed by atoms with Crippen molar-refractivity contribution in [1.29, 1.82) is 0 Å². The largest absolute Gasteiger partial charge is 0.396 e. The third-order valence-electron chi connectivity index (χ3n) is 1.82. The number of rotatable bonds is 3. The molecule has 0 fully saturated rings. The summed E-state index contributed by atoms with van der Waals surface area (Å²) in [6.45, 7) is 1.89. The van der Waals surface area contributed by atoms with Crippen LogP contribution in [0.2, 0.25) is 0 Å². The highest BCUT2D eigenvalue weighted by Crippen LogP contribution is 2.34. The number of aromatic nitrogens is 3. The van der Waals surface area contributed by atoms with Crippen LogP contribution < -0.4 is 0 Å². The lowest BCUT2D eigenvalue weighted by atomic mass is 10.6. The van der Waals surface area contributed by atoms with Gasteiger partial charge in [-0.15, -0.1) is 11.3 Å². The summed E-state index contributed by atoms with van der Waals surface area (Å²) in [5.41, 5.74) is 0.914. The third-order valence-corrected chi connectivity index (χ3v) is 4.04. The van der Waals surface area contributed by atoms with Gasteiger partial charge in [0.25, 0.3) is 0 Å². The van der Waals surface area contributed by atoms with Gasteiger partial charge in [-0.25, -0.2) is 4.98 Å². The van der Waals surface area contributed by atoms with E-state index in [1.807, 2.05) is 12.3 Å². The molecule has 0 aliphatic heterocycles. The van der Waals surface area contributed by atoms with Crippen LogP contribution in [-0.2, 0) is 7.05 Å². The molecular formula is C8H8N4O2S2. The van der Waals surface area contributed by atoms with Crippen molar-refractivity contribution in [3.8, 4) is 0 Å². The van der Waals surface area contributed by atoms with Crippen molar-refractivity contribution in [3.05, 3.63) is 27.5 Å². The summed E-state index contributed by atoms with van der Waals surface area (Å²) in [4.78, 5) is 18.2. The average molecular weight is 256 g/mol. The number of nitrogens with zero attached hydrogens (tertiary/aromatic N) is 4. The van der Waals surface area contributed by atoms with Gasteiger partial charge in [-0.05, 0) is 28.6 Å². The Hall–Kier alpha value is -1.41. The zero-order valence-corrected chi connectivity index (χ0v) is 10.2. The van der Waals surface area contributed by atoms with Gasteiger partial charge in [-0.1, -0.05) is 0 Å². The second-order valence-electron chi connectivity index (χ2n) is 3.10. The van der Waals surface area contributed by atoms with E-state index >= 15 is 0 Å². The summed E-state index contributed by atoms with van der Waals surface area (Å²) >= 11 is 2.73. The quantitative estimate of drug-likeness (QED) is 0.622. The molecule has 0 aromatic carbocycles. The van der Waals surface area contributed by atoms with Gasteiger partial charge in [0.2, 0.25) is 6.33 Å². The zero-order chi connectivity index (χ0) is 11.7. The number of hydrogen-bond donors (Lipinski definition) is 0. The van der Waals surface area contributed by atoms with Crippen LogP contribution >= 0.6 is 23.1 Å². The fourth-order valence-electron chi connectivity index (χ4n) is 1.11. The molecule has 0 atom stereocenters. The van der Waals surface area contributed by atoms with E-state index in [0.717, 1.165) is 10.0 Å². The molecule has 6 nitrogen and oxygen atoms in total. The van der Waals surface area contributed by atoms with Crippen molar-refractivity contribution in [1.82, 2.24) is 14.5 Å². The van der Waals surface area contributed by atoms with Gasteiger partial charge in [0.15, 0.2) is 9.37 Å². The van der Waals surface area contributed by atoms with Gasteiger partial charge in [0.1, 0.15) is 0 Å². The Morgan fingerprint density at radius 3 is 2.94 bits per heavy atom. The van der Waals surface area contributed by atoms with Crippen molar-refractivity contribution in [2.24, 2.45) is 7.05 Å². The average Bonchev–Trinajstić information content (AvgIpc) is 2.76. The first-order chi connectivity index (χ1) is 7.58. The van der Waals surface area contributed by atoms with E-state index in [1.54, 1.807) is 11.6 Å². The molecule has 2 aromatic rings. The maximum atomic E-state index is 10.7. The molecule has 2 rings (SSSR count). The maximum Gasteiger partial charge on any atom is 0.396 e. The Kier molecular flexibility index (Phi) is 2.92. The Morgan fingerprint density at radius 2 is 2.38 bits per heavy atom. The van der Waals surface area contributed by atoms with Crippen LogP contribution in [0.5, 0.6) is 0 Å². The molecule has 84 valence electrons. The van der Waals surface area contributed by atoms with Crippen molar-refractivity contribution in [3.63, 3.8) is 0 Å². The Morgan fingerprint density at radius 1 is 1.62 bits per heavy atom. The van der Waals surface area contributed by atoms with E-state index in [4.69, 9.17) is 0 Å². The number of aryl methyl sites for hydroxylation is 2. The molecule has 2 aromatic heterocycles. The predicted molar refractivity (Wildman–Crippen MR) is 60.8 cm³/mol. The molecule has 0 amide bonds. The number of imidazole rings is 1. The monoisotopic (exact) mass is 256 g/mol. The van der Waals surface area contributed by atoms with E-state index in [0.29, 0.717) is 5.03 Å². The van der Waals surface area contributed by atoms with E-state index in [1.165, 1.54) is 29.4 Å². The second-order valence-corrected chi connectivity index (χ2v) is 5.19. The molecule has 0 unspecified atom stereocenters. The number of nitro groups is 1. The first-order valence-electron chi connectivity index (χ1n) is 4.33. The van der Waals surface area contributed by atoms with Crippen LogP contribution in [0.25, 0.3) is 0 Å². The van der Waals surface area contributed by atoms with E-state index < -0.39 is 4.92 Å².